The van der Waals surface area contributed by atoms with E-state index in [1.165, 1.54) is 12.2 Å². The Morgan fingerprint density at radius 2 is 2.17 bits per heavy atom. The van der Waals surface area contributed by atoms with E-state index in [-0.39, 0.29) is 0 Å². The second-order valence-corrected chi connectivity index (χ2v) is 5.52. The van der Waals surface area contributed by atoms with Crippen LogP contribution in [0.25, 0.3) is 10.9 Å². The van der Waals surface area contributed by atoms with E-state index in [1.54, 1.807) is 0 Å². The highest BCUT2D eigenvalue weighted by Gasteiger charge is 2.17. The Kier molecular flexibility index (Phi) is 3.23. The van der Waals surface area contributed by atoms with Gasteiger partial charge in [0.05, 0.1) is 5.52 Å². The lowest BCUT2D eigenvalue weighted by molar-refractivity contribution is 0.808. The van der Waals surface area contributed by atoms with Crippen molar-refractivity contribution in [2.75, 3.05) is 29.2 Å². The van der Waals surface area contributed by atoms with Crippen molar-refractivity contribution in [1.29, 1.82) is 0 Å². The highest BCUT2D eigenvalue weighted by atomic mass is 32.2. The Morgan fingerprint density at radius 1 is 1.28 bits per heavy atom. The number of aromatic nitrogens is 2. The van der Waals surface area contributed by atoms with E-state index in [9.17, 15) is 0 Å². The Morgan fingerprint density at radius 3 is 2.94 bits per heavy atom. The number of thioether (sulfide) groups is 1. The average Bonchev–Trinajstić information content (AvgIpc) is 2.91. The zero-order chi connectivity index (χ0) is 12.4. The molecule has 1 fully saturated rings. The second-order valence-electron chi connectivity index (χ2n) is 4.37. The maximum atomic E-state index is 4.54. The largest absolute Gasteiger partial charge is 0.366 e. The molecule has 0 saturated carbocycles. The van der Waals surface area contributed by atoms with Gasteiger partial charge < -0.3 is 10.6 Å². The van der Waals surface area contributed by atoms with Crippen molar-refractivity contribution in [2.24, 2.45) is 0 Å². The fraction of sp³-hybridized carbons (Fsp3) is 0.385. The Hall–Kier alpha value is -1.49. The molecule has 0 radical (unpaired) electrons. The lowest BCUT2D eigenvalue weighted by atomic mass is 10.2. The van der Waals surface area contributed by atoms with Crippen LogP contribution in [0.2, 0.25) is 0 Å². The highest BCUT2D eigenvalue weighted by Crippen LogP contribution is 2.26. The van der Waals surface area contributed by atoms with Crippen LogP contribution < -0.4 is 10.6 Å². The van der Waals surface area contributed by atoms with Crippen molar-refractivity contribution in [2.45, 2.75) is 12.5 Å². The minimum Gasteiger partial charge on any atom is -0.366 e. The first-order valence-electron chi connectivity index (χ1n) is 6.15. The predicted octanol–water partition coefficient (Wildman–Crippen LogP) is 2.59. The maximum absolute atomic E-state index is 4.54. The molecule has 1 aromatic heterocycles. The average molecular weight is 260 g/mol. The molecule has 94 valence electrons. The molecule has 2 aromatic rings. The van der Waals surface area contributed by atoms with Crippen LogP contribution in [-0.4, -0.2) is 34.6 Å². The van der Waals surface area contributed by atoms with Gasteiger partial charge in [0.2, 0.25) is 5.95 Å². The summed E-state index contributed by atoms with van der Waals surface area (Å²) in [6.07, 6.45) is 1.21. The third kappa shape index (κ3) is 2.22. The summed E-state index contributed by atoms with van der Waals surface area (Å²) in [5, 5.41) is 7.65. The fourth-order valence-electron chi connectivity index (χ4n) is 2.14. The lowest BCUT2D eigenvalue weighted by Crippen LogP contribution is -2.19. The van der Waals surface area contributed by atoms with E-state index in [4.69, 9.17) is 0 Å². The van der Waals surface area contributed by atoms with Crippen LogP contribution in [-0.2, 0) is 0 Å². The summed E-state index contributed by atoms with van der Waals surface area (Å²) in [5.74, 6) is 4.01. The summed E-state index contributed by atoms with van der Waals surface area (Å²) >= 11 is 2.00. The molecule has 3 rings (SSSR count). The quantitative estimate of drug-likeness (QED) is 0.888. The minimum atomic E-state index is 0.526. The van der Waals surface area contributed by atoms with Crippen LogP contribution in [0.5, 0.6) is 0 Å². The van der Waals surface area contributed by atoms with Gasteiger partial charge >= 0.3 is 0 Å². The molecule has 18 heavy (non-hydrogen) atoms. The molecular formula is C13H16N4S. The third-order valence-corrected chi connectivity index (χ3v) is 4.26. The number of anilines is 2. The minimum absolute atomic E-state index is 0.526. The summed E-state index contributed by atoms with van der Waals surface area (Å²) in [5.41, 5.74) is 0.977. The first-order chi connectivity index (χ1) is 8.86. The number of benzene rings is 1. The molecule has 2 N–H and O–H groups in total. The van der Waals surface area contributed by atoms with Crippen molar-refractivity contribution in [3.05, 3.63) is 24.3 Å². The molecule has 2 heterocycles. The summed E-state index contributed by atoms with van der Waals surface area (Å²) in [6.45, 7) is 0. The van der Waals surface area contributed by atoms with Gasteiger partial charge in [-0.15, -0.1) is 0 Å². The first kappa shape index (κ1) is 11.6. The van der Waals surface area contributed by atoms with Crippen molar-refractivity contribution < 1.29 is 0 Å². The van der Waals surface area contributed by atoms with Gasteiger partial charge in [-0.3, -0.25) is 0 Å². The molecule has 0 aliphatic carbocycles. The third-order valence-electron chi connectivity index (χ3n) is 3.10. The van der Waals surface area contributed by atoms with Crippen molar-refractivity contribution in [3.8, 4) is 0 Å². The van der Waals surface area contributed by atoms with Crippen LogP contribution in [0, 0.1) is 0 Å². The second kappa shape index (κ2) is 5.02. The molecule has 0 spiro atoms. The molecule has 0 amide bonds. The molecule has 1 saturated heterocycles. The summed E-state index contributed by atoms with van der Waals surface area (Å²) in [6, 6.07) is 8.65. The maximum Gasteiger partial charge on any atom is 0.224 e. The van der Waals surface area contributed by atoms with Gasteiger partial charge in [-0.2, -0.15) is 16.7 Å². The molecular weight excluding hydrogens is 244 g/mol. The monoisotopic (exact) mass is 260 g/mol. The molecule has 1 aliphatic heterocycles. The van der Waals surface area contributed by atoms with E-state index in [0.717, 1.165) is 22.5 Å². The first-order valence-corrected chi connectivity index (χ1v) is 7.31. The smallest absolute Gasteiger partial charge is 0.224 e. The highest BCUT2D eigenvalue weighted by molar-refractivity contribution is 7.99. The van der Waals surface area contributed by atoms with E-state index in [0.29, 0.717) is 12.0 Å². The van der Waals surface area contributed by atoms with Crippen molar-refractivity contribution in [3.63, 3.8) is 0 Å². The van der Waals surface area contributed by atoms with Crippen LogP contribution >= 0.6 is 11.8 Å². The molecule has 1 aromatic carbocycles. The predicted molar refractivity (Wildman–Crippen MR) is 78.4 cm³/mol. The number of nitrogens with one attached hydrogen (secondary N) is 2. The standard InChI is InChI=1S/C13H16N4S/c1-14-13-16-11-5-3-2-4-10(11)12(17-13)15-9-6-7-18-8-9/h2-5,9H,6-8H2,1H3,(H2,14,15,16,17). The van der Waals surface area contributed by atoms with Crippen molar-refractivity contribution in [1.82, 2.24) is 9.97 Å². The summed E-state index contributed by atoms with van der Waals surface area (Å²) < 4.78 is 0. The van der Waals surface area contributed by atoms with Gasteiger partial charge in [0, 0.05) is 24.2 Å². The Labute approximate surface area is 111 Å². The zero-order valence-corrected chi connectivity index (χ0v) is 11.1. The van der Waals surface area contributed by atoms with Crippen molar-refractivity contribution >= 4 is 34.4 Å². The van der Waals surface area contributed by atoms with Crippen LogP contribution in [0.15, 0.2) is 24.3 Å². The summed E-state index contributed by atoms with van der Waals surface area (Å²) in [7, 11) is 1.85. The number of hydrogen-bond donors (Lipinski definition) is 2. The normalized spacial score (nSPS) is 19.1. The number of rotatable bonds is 3. The van der Waals surface area contributed by atoms with E-state index in [2.05, 4.69) is 26.7 Å². The van der Waals surface area contributed by atoms with Gasteiger partial charge in [-0.1, -0.05) is 12.1 Å². The zero-order valence-electron chi connectivity index (χ0n) is 10.3. The number of para-hydroxylation sites is 1. The topological polar surface area (TPSA) is 49.8 Å². The number of fused-ring (bicyclic) bond motifs is 1. The lowest BCUT2D eigenvalue weighted by Gasteiger charge is -2.14. The fourth-order valence-corrected chi connectivity index (χ4v) is 3.29. The van der Waals surface area contributed by atoms with Gasteiger partial charge in [0.1, 0.15) is 5.82 Å². The molecule has 0 bridgehead atoms. The van der Waals surface area contributed by atoms with Gasteiger partial charge in [0.25, 0.3) is 0 Å². The van der Waals surface area contributed by atoms with Crippen LogP contribution in [0.3, 0.4) is 0 Å². The molecule has 5 heteroatoms. The molecule has 1 unspecified atom stereocenters. The number of nitrogens with zero attached hydrogens (tertiary/aromatic N) is 2. The van der Waals surface area contributed by atoms with Crippen LogP contribution in [0.1, 0.15) is 6.42 Å². The van der Waals surface area contributed by atoms with Crippen LogP contribution in [0.4, 0.5) is 11.8 Å². The number of hydrogen-bond acceptors (Lipinski definition) is 5. The Balaban J connectivity index is 2.01. The van der Waals surface area contributed by atoms with Gasteiger partial charge in [0.15, 0.2) is 0 Å². The van der Waals surface area contributed by atoms with Gasteiger partial charge in [-0.05, 0) is 24.3 Å². The van der Waals surface area contributed by atoms with E-state index >= 15 is 0 Å². The molecule has 1 atom stereocenters. The van der Waals surface area contributed by atoms with Gasteiger partial charge in [-0.25, -0.2) is 4.98 Å². The molecule has 1 aliphatic rings. The summed E-state index contributed by atoms with van der Waals surface area (Å²) in [4.78, 5) is 9.00. The molecule has 4 nitrogen and oxygen atoms in total. The Bertz CT molecular complexity index is 552. The SMILES string of the molecule is CNc1nc(NC2CCSC2)c2ccccc2n1. The van der Waals surface area contributed by atoms with E-state index in [1.807, 2.05) is 37.0 Å². The van der Waals surface area contributed by atoms with E-state index < -0.39 is 0 Å².